The van der Waals surface area contributed by atoms with Crippen LogP contribution in [0.4, 0.5) is 16.2 Å². The minimum Gasteiger partial charge on any atom is -0.376 e. The predicted molar refractivity (Wildman–Crippen MR) is 109 cm³/mol. The fraction of sp³-hybridized carbons (Fsp3) is 0.600. The van der Waals surface area contributed by atoms with Gasteiger partial charge in [-0.1, -0.05) is 18.5 Å². The molecule has 2 unspecified atom stereocenters. The van der Waals surface area contributed by atoms with E-state index in [2.05, 4.69) is 10.6 Å². The molecule has 2 aliphatic rings. The number of carbonyl (C=O) groups is 2. The van der Waals surface area contributed by atoms with Crippen molar-refractivity contribution in [3.8, 4) is 0 Å². The molecule has 0 aliphatic carbocycles. The number of nitrogens with one attached hydrogen (secondary N) is 2. The summed E-state index contributed by atoms with van der Waals surface area (Å²) in [6.45, 7) is 4.31. The molecule has 3 rings (SSSR count). The van der Waals surface area contributed by atoms with Gasteiger partial charge in [-0.15, -0.1) is 0 Å². The molecule has 154 valence electrons. The van der Waals surface area contributed by atoms with Crippen molar-refractivity contribution in [2.45, 2.75) is 51.2 Å². The van der Waals surface area contributed by atoms with Crippen molar-refractivity contribution >= 4 is 34.9 Å². The Morgan fingerprint density at radius 2 is 1.75 bits per heavy atom. The lowest BCUT2D eigenvalue weighted by atomic mass is 10.2. The standard InChI is InChI=1S/C20H28ClN3O4/c1-2-19(25)22-14-7-8-17(21)18(11-14)23-20(26)24(12-15-5-3-9-27-15)13-16-6-4-10-28-16/h7-8,11,15-16H,2-6,9-10,12-13H2,1H3,(H,22,25)(H,23,26). The van der Waals surface area contributed by atoms with E-state index in [4.69, 9.17) is 21.1 Å². The van der Waals surface area contributed by atoms with Gasteiger partial charge in [0.2, 0.25) is 5.91 Å². The maximum absolute atomic E-state index is 13.0. The summed E-state index contributed by atoms with van der Waals surface area (Å²) in [6.07, 6.45) is 4.43. The van der Waals surface area contributed by atoms with E-state index in [9.17, 15) is 9.59 Å². The first-order valence-corrected chi connectivity index (χ1v) is 10.3. The topological polar surface area (TPSA) is 79.9 Å². The van der Waals surface area contributed by atoms with Crippen LogP contribution < -0.4 is 10.6 Å². The molecule has 3 amide bonds. The normalized spacial score (nSPS) is 21.5. The Bertz CT molecular complexity index is 670. The Balaban J connectivity index is 1.68. The molecule has 2 fully saturated rings. The number of urea groups is 1. The van der Waals surface area contributed by atoms with Crippen molar-refractivity contribution < 1.29 is 19.1 Å². The number of hydrogen-bond acceptors (Lipinski definition) is 4. The summed E-state index contributed by atoms with van der Waals surface area (Å²) in [6, 6.07) is 4.80. The molecule has 1 aromatic rings. The third kappa shape index (κ3) is 5.83. The second-order valence-corrected chi connectivity index (χ2v) is 7.61. The smallest absolute Gasteiger partial charge is 0.322 e. The van der Waals surface area contributed by atoms with E-state index in [1.54, 1.807) is 30.0 Å². The van der Waals surface area contributed by atoms with Gasteiger partial charge in [-0.2, -0.15) is 0 Å². The van der Waals surface area contributed by atoms with Gasteiger partial charge in [-0.25, -0.2) is 4.79 Å². The summed E-state index contributed by atoms with van der Waals surface area (Å²) in [4.78, 5) is 26.4. The maximum Gasteiger partial charge on any atom is 0.322 e. The van der Waals surface area contributed by atoms with Crippen LogP contribution in [0.5, 0.6) is 0 Å². The molecule has 0 spiro atoms. The molecule has 7 nitrogen and oxygen atoms in total. The molecular weight excluding hydrogens is 382 g/mol. The van der Waals surface area contributed by atoms with Gasteiger partial charge in [-0.05, 0) is 43.9 Å². The lowest BCUT2D eigenvalue weighted by Crippen LogP contribution is -2.44. The number of amides is 3. The second-order valence-electron chi connectivity index (χ2n) is 7.20. The number of ether oxygens (including phenoxy) is 2. The molecule has 1 aromatic carbocycles. The highest BCUT2D eigenvalue weighted by molar-refractivity contribution is 6.33. The number of nitrogens with zero attached hydrogens (tertiary/aromatic N) is 1. The van der Waals surface area contributed by atoms with Crippen LogP contribution in [-0.4, -0.2) is 55.3 Å². The third-order valence-electron chi connectivity index (χ3n) is 5.00. The number of rotatable bonds is 7. The minimum atomic E-state index is -0.244. The van der Waals surface area contributed by atoms with Crippen molar-refractivity contribution in [1.82, 2.24) is 4.90 Å². The Morgan fingerprint density at radius 1 is 1.11 bits per heavy atom. The van der Waals surface area contributed by atoms with Crippen molar-refractivity contribution in [2.24, 2.45) is 0 Å². The van der Waals surface area contributed by atoms with E-state index in [-0.39, 0.29) is 24.1 Å². The molecular formula is C20H28ClN3O4. The fourth-order valence-electron chi connectivity index (χ4n) is 3.45. The van der Waals surface area contributed by atoms with E-state index >= 15 is 0 Å². The van der Waals surface area contributed by atoms with Gasteiger partial charge < -0.3 is 25.0 Å². The molecule has 2 heterocycles. The van der Waals surface area contributed by atoms with E-state index in [1.165, 1.54) is 0 Å². The van der Waals surface area contributed by atoms with Crippen LogP contribution in [0.25, 0.3) is 0 Å². The number of anilines is 2. The zero-order valence-electron chi connectivity index (χ0n) is 16.2. The van der Waals surface area contributed by atoms with Crippen molar-refractivity contribution in [2.75, 3.05) is 36.9 Å². The summed E-state index contributed by atoms with van der Waals surface area (Å²) in [7, 11) is 0. The van der Waals surface area contributed by atoms with Crippen LogP contribution in [-0.2, 0) is 14.3 Å². The fourth-order valence-corrected chi connectivity index (χ4v) is 3.62. The molecule has 28 heavy (non-hydrogen) atoms. The molecule has 0 bridgehead atoms. The van der Waals surface area contributed by atoms with Gasteiger partial charge in [0.05, 0.1) is 22.9 Å². The molecule has 0 radical (unpaired) electrons. The number of carbonyl (C=O) groups excluding carboxylic acids is 2. The molecule has 0 saturated carbocycles. The summed E-state index contributed by atoms with van der Waals surface area (Å²) in [5.74, 6) is -0.0991. The van der Waals surface area contributed by atoms with Gasteiger partial charge in [-0.3, -0.25) is 4.79 Å². The van der Waals surface area contributed by atoms with Crippen LogP contribution in [0.15, 0.2) is 18.2 Å². The third-order valence-corrected chi connectivity index (χ3v) is 5.33. The lowest BCUT2D eigenvalue weighted by Gasteiger charge is -2.28. The number of benzene rings is 1. The highest BCUT2D eigenvalue weighted by atomic mass is 35.5. The average Bonchev–Trinajstić information content (AvgIpc) is 3.38. The van der Waals surface area contributed by atoms with Crippen molar-refractivity contribution in [3.63, 3.8) is 0 Å². The molecule has 2 atom stereocenters. The van der Waals surface area contributed by atoms with E-state index in [0.29, 0.717) is 35.9 Å². The first kappa shape index (κ1) is 20.9. The zero-order chi connectivity index (χ0) is 19.9. The van der Waals surface area contributed by atoms with Crippen LogP contribution in [0.1, 0.15) is 39.0 Å². The average molecular weight is 410 g/mol. The first-order chi connectivity index (χ1) is 13.5. The molecule has 0 aromatic heterocycles. The van der Waals surface area contributed by atoms with Crippen LogP contribution in [0, 0.1) is 0 Å². The second kappa shape index (κ2) is 10.1. The monoisotopic (exact) mass is 409 g/mol. The van der Waals surface area contributed by atoms with Gasteiger partial charge in [0.1, 0.15) is 0 Å². The highest BCUT2D eigenvalue weighted by Crippen LogP contribution is 2.26. The lowest BCUT2D eigenvalue weighted by molar-refractivity contribution is -0.115. The van der Waals surface area contributed by atoms with Crippen molar-refractivity contribution in [1.29, 1.82) is 0 Å². The van der Waals surface area contributed by atoms with Gasteiger partial charge in [0.15, 0.2) is 0 Å². The number of halogens is 1. The molecule has 2 saturated heterocycles. The quantitative estimate of drug-likeness (QED) is 0.716. The largest absolute Gasteiger partial charge is 0.376 e. The Hall–Kier alpha value is -1.83. The van der Waals surface area contributed by atoms with E-state index in [1.807, 2.05) is 0 Å². The Labute approximate surface area is 170 Å². The van der Waals surface area contributed by atoms with Crippen LogP contribution in [0.2, 0.25) is 5.02 Å². The molecule has 2 aliphatic heterocycles. The summed E-state index contributed by atoms with van der Waals surface area (Å²) < 4.78 is 11.4. The van der Waals surface area contributed by atoms with Gasteiger partial charge in [0, 0.05) is 38.4 Å². The Morgan fingerprint density at radius 3 is 2.29 bits per heavy atom. The molecule has 2 N–H and O–H groups in total. The summed E-state index contributed by atoms with van der Waals surface area (Å²) in [5.41, 5.74) is 1.06. The highest BCUT2D eigenvalue weighted by Gasteiger charge is 2.27. The van der Waals surface area contributed by atoms with Crippen LogP contribution >= 0.6 is 11.6 Å². The summed E-state index contributed by atoms with van der Waals surface area (Å²) in [5, 5.41) is 6.07. The van der Waals surface area contributed by atoms with Crippen LogP contribution in [0.3, 0.4) is 0 Å². The van der Waals surface area contributed by atoms with Gasteiger partial charge in [0.25, 0.3) is 0 Å². The predicted octanol–water partition coefficient (Wildman–Crippen LogP) is 3.88. The van der Waals surface area contributed by atoms with E-state index in [0.717, 1.165) is 38.9 Å². The van der Waals surface area contributed by atoms with Crippen molar-refractivity contribution in [3.05, 3.63) is 23.2 Å². The van der Waals surface area contributed by atoms with E-state index < -0.39 is 0 Å². The Kier molecular flexibility index (Phi) is 7.53. The first-order valence-electron chi connectivity index (χ1n) is 9.93. The molecule has 8 heteroatoms. The summed E-state index contributed by atoms with van der Waals surface area (Å²) >= 11 is 6.26. The zero-order valence-corrected chi connectivity index (χ0v) is 17.0. The minimum absolute atomic E-state index is 0.0535. The maximum atomic E-state index is 13.0. The number of hydrogen-bond donors (Lipinski definition) is 2. The van der Waals surface area contributed by atoms with Gasteiger partial charge >= 0.3 is 6.03 Å². The SMILES string of the molecule is CCC(=O)Nc1ccc(Cl)c(NC(=O)N(CC2CCCO2)CC2CCCO2)c1.